The summed E-state index contributed by atoms with van der Waals surface area (Å²) < 4.78 is 33.2. The first-order valence-corrected chi connectivity index (χ1v) is 14.3. The zero-order valence-corrected chi connectivity index (χ0v) is 26.1. The number of rotatable bonds is 9. The molecule has 0 aliphatic carbocycles. The smallest absolute Gasteiger partial charge is 0.494 e. The highest BCUT2D eigenvalue weighted by Crippen LogP contribution is 2.31. The van der Waals surface area contributed by atoms with Crippen LogP contribution in [-0.2, 0) is 25.4 Å². The van der Waals surface area contributed by atoms with Crippen molar-refractivity contribution in [1.29, 1.82) is 0 Å². The molecule has 0 unspecified atom stereocenters. The number of nitrogens with zero attached hydrogens (tertiary/aromatic N) is 2. The zero-order valence-electron chi connectivity index (χ0n) is 26.1. The van der Waals surface area contributed by atoms with Gasteiger partial charge in [-0.2, -0.15) is 0 Å². The standard InChI is InChI=1S/C31H40N2O11/c1-8-17-39-22-13-9-20(10-14-22)18-24-26(42-28(35)40-23-15-11-21(12-16-23)33(37)38)25(41-29(36)44-31(5,6)7)19-32(24)27(34)43-30(2,3)4/h9-16,24-26H,8,17-19H2,1-7H3/t24-,25+,26+/m1/s1. The first-order chi connectivity index (χ1) is 20.5. The molecule has 0 aromatic heterocycles. The van der Waals surface area contributed by atoms with Gasteiger partial charge in [-0.05, 0) is 84.2 Å². The first-order valence-electron chi connectivity index (χ1n) is 14.3. The zero-order chi connectivity index (χ0) is 32.7. The lowest BCUT2D eigenvalue weighted by molar-refractivity contribution is -0.384. The van der Waals surface area contributed by atoms with Gasteiger partial charge in [0, 0.05) is 12.1 Å². The third-order valence-electron chi connectivity index (χ3n) is 6.11. The van der Waals surface area contributed by atoms with Crippen molar-refractivity contribution in [2.75, 3.05) is 13.2 Å². The Labute approximate surface area is 256 Å². The number of nitro groups is 1. The Morgan fingerprint density at radius 1 is 0.864 bits per heavy atom. The normalized spacial score (nSPS) is 18.2. The number of carbonyl (C=O) groups excluding carboxylic acids is 3. The number of non-ortho nitro benzene ring substituents is 1. The second-order valence-corrected chi connectivity index (χ2v) is 12.2. The molecule has 240 valence electrons. The molecule has 13 nitrogen and oxygen atoms in total. The van der Waals surface area contributed by atoms with Crippen LogP contribution in [0, 0.1) is 10.1 Å². The van der Waals surface area contributed by atoms with E-state index in [1.807, 2.05) is 19.1 Å². The molecule has 2 aromatic carbocycles. The van der Waals surface area contributed by atoms with Gasteiger partial charge in [0.15, 0.2) is 12.2 Å². The van der Waals surface area contributed by atoms with E-state index >= 15 is 0 Å². The summed E-state index contributed by atoms with van der Waals surface area (Å²) >= 11 is 0. The molecular formula is C31H40N2O11. The number of ether oxygens (including phenoxy) is 6. The highest BCUT2D eigenvalue weighted by atomic mass is 16.8. The van der Waals surface area contributed by atoms with Crippen molar-refractivity contribution in [3.8, 4) is 11.5 Å². The summed E-state index contributed by atoms with van der Waals surface area (Å²) in [5.41, 5.74) is -1.11. The molecule has 1 fully saturated rings. The minimum Gasteiger partial charge on any atom is -0.494 e. The highest BCUT2D eigenvalue weighted by Gasteiger charge is 2.50. The van der Waals surface area contributed by atoms with Crippen LogP contribution in [0.5, 0.6) is 11.5 Å². The van der Waals surface area contributed by atoms with Crippen LogP contribution < -0.4 is 9.47 Å². The van der Waals surface area contributed by atoms with Crippen molar-refractivity contribution in [1.82, 2.24) is 4.90 Å². The molecule has 0 saturated carbocycles. The molecule has 1 saturated heterocycles. The van der Waals surface area contributed by atoms with Crippen LogP contribution in [-0.4, -0.2) is 70.8 Å². The van der Waals surface area contributed by atoms with Crippen molar-refractivity contribution >= 4 is 24.1 Å². The monoisotopic (exact) mass is 616 g/mol. The van der Waals surface area contributed by atoms with Gasteiger partial charge in [0.2, 0.25) is 0 Å². The molecule has 1 heterocycles. The summed E-state index contributed by atoms with van der Waals surface area (Å²) in [6.07, 6.45) is -4.17. The molecule has 2 aromatic rings. The molecule has 1 aliphatic heterocycles. The molecule has 0 radical (unpaired) electrons. The molecule has 0 N–H and O–H groups in total. The maximum atomic E-state index is 13.4. The molecule has 3 rings (SSSR count). The number of amides is 1. The second kappa shape index (κ2) is 14.3. The summed E-state index contributed by atoms with van der Waals surface area (Å²) in [6.45, 7) is 12.6. The van der Waals surface area contributed by atoms with Gasteiger partial charge < -0.3 is 28.4 Å². The van der Waals surface area contributed by atoms with E-state index in [1.54, 1.807) is 53.7 Å². The SMILES string of the molecule is CCCOc1ccc(C[C@@H]2[C@H](OC(=O)Oc3ccc([N+](=O)[O-])cc3)[C@@H](OC(=O)OC(C)(C)C)CN2C(=O)OC(C)(C)C)cc1. The Balaban J connectivity index is 1.92. The predicted octanol–water partition coefficient (Wildman–Crippen LogP) is 6.45. The fourth-order valence-corrected chi connectivity index (χ4v) is 4.32. The van der Waals surface area contributed by atoms with E-state index in [9.17, 15) is 24.5 Å². The number of carbonyl (C=O) groups is 3. The third kappa shape index (κ3) is 10.3. The minimum atomic E-state index is -1.20. The fourth-order valence-electron chi connectivity index (χ4n) is 4.32. The van der Waals surface area contributed by atoms with Gasteiger partial charge in [-0.1, -0.05) is 19.1 Å². The minimum absolute atomic E-state index is 0.00794. The lowest BCUT2D eigenvalue weighted by atomic mass is 10.0. The van der Waals surface area contributed by atoms with Crippen LogP contribution >= 0.6 is 0 Å². The van der Waals surface area contributed by atoms with Crippen LogP contribution in [0.25, 0.3) is 0 Å². The topological polar surface area (TPSA) is 153 Å². The molecule has 0 spiro atoms. The summed E-state index contributed by atoms with van der Waals surface area (Å²) in [6, 6.07) is 11.2. The number of benzene rings is 2. The summed E-state index contributed by atoms with van der Waals surface area (Å²) in [4.78, 5) is 50.8. The predicted molar refractivity (Wildman–Crippen MR) is 158 cm³/mol. The maximum absolute atomic E-state index is 13.4. The Kier molecular flexibility index (Phi) is 11.0. The van der Waals surface area contributed by atoms with Crippen LogP contribution in [0.1, 0.15) is 60.5 Å². The van der Waals surface area contributed by atoms with E-state index < -0.39 is 52.8 Å². The van der Waals surface area contributed by atoms with Gasteiger partial charge in [0.1, 0.15) is 22.7 Å². The van der Waals surface area contributed by atoms with Crippen LogP contribution in [0.3, 0.4) is 0 Å². The Hall–Kier alpha value is -4.55. The lowest BCUT2D eigenvalue weighted by Crippen LogP contribution is -2.45. The van der Waals surface area contributed by atoms with E-state index in [0.717, 1.165) is 12.0 Å². The summed E-state index contributed by atoms with van der Waals surface area (Å²) in [5.74, 6) is 0.669. The average Bonchev–Trinajstić information content (AvgIpc) is 3.22. The van der Waals surface area contributed by atoms with Crippen molar-refractivity contribution in [3.63, 3.8) is 0 Å². The van der Waals surface area contributed by atoms with Crippen molar-refractivity contribution in [2.45, 2.75) is 90.8 Å². The molecule has 44 heavy (non-hydrogen) atoms. The average molecular weight is 617 g/mol. The largest absolute Gasteiger partial charge is 0.514 e. The lowest BCUT2D eigenvalue weighted by Gasteiger charge is -2.30. The highest BCUT2D eigenvalue weighted by molar-refractivity contribution is 5.70. The quantitative estimate of drug-likeness (QED) is 0.100. The molecule has 3 atom stereocenters. The molecule has 0 bridgehead atoms. The van der Waals surface area contributed by atoms with Crippen LogP contribution in [0.15, 0.2) is 48.5 Å². The Morgan fingerprint density at radius 2 is 1.45 bits per heavy atom. The third-order valence-corrected chi connectivity index (χ3v) is 6.11. The fraction of sp³-hybridized carbons (Fsp3) is 0.516. The number of likely N-dealkylation sites (tertiary alicyclic amines) is 1. The van der Waals surface area contributed by atoms with Crippen molar-refractivity contribution in [2.24, 2.45) is 0 Å². The van der Waals surface area contributed by atoms with E-state index in [-0.39, 0.29) is 24.4 Å². The number of hydrogen-bond donors (Lipinski definition) is 0. The van der Waals surface area contributed by atoms with Gasteiger partial charge in [-0.25, -0.2) is 14.4 Å². The summed E-state index contributed by atoms with van der Waals surface area (Å²) in [7, 11) is 0. The number of nitro benzene ring substituents is 1. The summed E-state index contributed by atoms with van der Waals surface area (Å²) in [5, 5.41) is 11.0. The maximum Gasteiger partial charge on any atom is 0.514 e. The number of hydrogen-bond acceptors (Lipinski definition) is 11. The Bertz CT molecular complexity index is 1300. The van der Waals surface area contributed by atoms with Gasteiger partial charge in [0.05, 0.1) is 24.1 Å². The van der Waals surface area contributed by atoms with Crippen LogP contribution in [0.2, 0.25) is 0 Å². The first kappa shape index (κ1) is 33.9. The molecule has 13 heteroatoms. The van der Waals surface area contributed by atoms with Gasteiger partial charge in [0.25, 0.3) is 5.69 Å². The van der Waals surface area contributed by atoms with Crippen molar-refractivity contribution < 1.29 is 47.7 Å². The molecule has 1 aliphatic rings. The van der Waals surface area contributed by atoms with E-state index in [2.05, 4.69) is 0 Å². The molecule has 1 amide bonds. The van der Waals surface area contributed by atoms with Gasteiger partial charge in [-0.3, -0.25) is 15.0 Å². The van der Waals surface area contributed by atoms with E-state index in [4.69, 9.17) is 28.4 Å². The van der Waals surface area contributed by atoms with Crippen LogP contribution in [0.4, 0.5) is 20.1 Å². The Morgan fingerprint density at radius 3 is 2.00 bits per heavy atom. The van der Waals surface area contributed by atoms with Gasteiger partial charge in [-0.15, -0.1) is 0 Å². The van der Waals surface area contributed by atoms with E-state index in [0.29, 0.717) is 12.4 Å². The van der Waals surface area contributed by atoms with E-state index in [1.165, 1.54) is 29.2 Å². The van der Waals surface area contributed by atoms with Gasteiger partial charge >= 0.3 is 18.4 Å². The second-order valence-electron chi connectivity index (χ2n) is 12.2. The van der Waals surface area contributed by atoms with Crippen molar-refractivity contribution in [3.05, 3.63) is 64.2 Å². The molecular weight excluding hydrogens is 576 g/mol.